The maximum atomic E-state index is 13.7. The minimum atomic E-state index is -0.0325. The van der Waals surface area contributed by atoms with E-state index in [2.05, 4.69) is 25.5 Å². The van der Waals surface area contributed by atoms with Crippen molar-refractivity contribution in [3.63, 3.8) is 0 Å². The minimum absolute atomic E-state index is 0.0325. The van der Waals surface area contributed by atoms with Gasteiger partial charge in [-0.15, -0.1) is 0 Å². The number of pyridine rings is 1. The van der Waals surface area contributed by atoms with E-state index >= 15 is 0 Å². The van der Waals surface area contributed by atoms with Crippen molar-refractivity contribution in [2.45, 2.75) is 19.8 Å². The molecule has 8 heteroatoms. The lowest BCUT2D eigenvalue weighted by Crippen LogP contribution is -2.28. The van der Waals surface area contributed by atoms with Crippen LogP contribution in [-0.4, -0.2) is 37.3 Å². The number of anilines is 1. The van der Waals surface area contributed by atoms with Crippen LogP contribution in [0.1, 0.15) is 28.8 Å². The van der Waals surface area contributed by atoms with Crippen molar-refractivity contribution in [2.24, 2.45) is 23.7 Å². The second-order valence-corrected chi connectivity index (χ2v) is 8.60. The zero-order valence-corrected chi connectivity index (χ0v) is 17.1. The van der Waals surface area contributed by atoms with Crippen LogP contribution in [0.4, 0.5) is 6.01 Å². The first-order chi connectivity index (χ1) is 15.2. The number of rotatable bonds is 6. The summed E-state index contributed by atoms with van der Waals surface area (Å²) in [5.74, 6) is 1.62. The van der Waals surface area contributed by atoms with Crippen LogP contribution >= 0.6 is 0 Å². The van der Waals surface area contributed by atoms with Crippen LogP contribution < -0.4 is 5.32 Å². The Kier molecular flexibility index (Phi) is 4.12. The first-order valence-corrected chi connectivity index (χ1v) is 10.6. The Hall–Kier alpha value is -3.55. The smallest absolute Gasteiger partial charge is 0.297 e. The molecule has 2 saturated carbocycles. The van der Waals surface area contributed by atoms with Crippen molar-refractivity contribution in [1.82, 2.24) is 25.0 Å². The van der Waals surface area contributed by atoms with Crippen molar-refractivity contribution in [3.8, 4) is 5.69 Å². The molecule has 0 amide bonds. The van der Waals surface area contributed by atoms with E-state index in [0.29, 0.717) is 35.7 Å². The molecule has 0 radical (unpaired) electrons. The topological polar surface area (TPSA) is 98.7 Å². The molecule has 1 aromatic carbocycles. The summed E-state index contributed by atoms with van der Waals surface area (Å²) in [5, 5.41) is 11.8. The molecule has 2 aliphatic rings. The molecule has 1 N–H and O–H groups in total. The Labute approximate surface area is 178 Å². The Morgan fingerprint density at radius 3 is 2.90 bits per heavy atom. The molecular weight excluding hydrogens is 392 g/mol. The van der Waals surface area contributed by atoms with E-state index < -0.39 is 0 Å². The molecule has 2 unspecified atom stereocenters. The highest BCUT2D eigenvalue weighted by Gasteiger charge is 2.55. The summed E-state index contributed by atoms with van der Waals surface area (Å²) < 4.78 is 5.70. The van der Waals surface area contributed by atoms with E-state index in [1.807, 2.05) is 37.3 Å². The van der Waals surface area contributed by atoms with E-state index in [4.69, 9.17) is 4.42 Å². The quantitative estimate of drug-likeness (QED) is 0.481. The third-order valence-electron chi connectivity index (χ3n) is 6.64. The predicted octanol–water partition coefficient (Wildman–Crippen LogP) is 3.68. The van der Waals surface area contributed by atoms with Gasteiger partial charge in [0.15, 0.2) is 5.78 Å². The standard InChI is InChI=1S/C23H22N6O2/c1-13-4-5-20(29-26-7-8-27-29)17(9-13)21(30)16-11-14-10-15(14)18(16)12-25-23-28-19-3-2-6-24-22(19)31-23/h2-9,14-16,18H,10-12H2,1H3,(H,25,28)/t14-,15-,16?,18?/m1/s1. The lowest BCUT2D eigenvalue weighted by molar-refractivity contribution is 0.0879. The van der Waals surface area contributed by atoms with Gasteiger partial charge in [-0.05, 0) is 61.8 Å². The summed E-state index contributed by atoms with van der Waals surface area (Å²) in [7, 11) is 0. The van der Waals surface area contributed by atoms with E-state index in [1.54, 1.807) is 18.6 Å². The largest absolute Gasteiger partial charge is 0.404 e. The molecule has 2 aliphatic carbocycles. The van der Waals surface area contributed by atoms with Crippen molar-refractivity contribution < 1.29 is 9.21 Å². The van der Waals surface area contributed by atoms with Gasteiger partial charge in [0.05, 0.1) is 18.1 Å². The third kappa shape index (κ3) is 3.19. The number of nitrogens with one attached hydrogen (secondary N) is 1. The lowest BCUT2D eigenvalue weighted by atomic mass is 9.84. The molecule has 3 heterocycles. The summed E-state index contributed by atoms with van der Waals surface area (Å²) >= 11 is 0. The minimum Gasteiger partial charge on any atom is -0.404 e. The van der Waals surface area contributed by atoms with Crippen molar-refractivity contribution >= 4 is 23.0 Å². The van der Waals surface area contributed by atoms with Crippen molar-refractivity contribution in [2.75, 3.05) is 11.9 Å². The van der Waals surface area contributed by atoms with Crippen LogP contribution in [0.25, 0.3) is 16.9 Å². The number of Topliss-reactive ketones (excluding diaryl/α,β-unsaturated/α-hetero) is 1. The number of carbonyl (C=O) groups excluding carboxylic acids is 1. The average Bonchev–Trinajstić information content (AvgIpc) is 3.17. The van der Waals surface area contributed by atoms with Gasteiger partial charge < -0.3 is 9.73 Å². The fourth-order valence-electron chi connectivity index (χ4n) is 5.07. The number of oxazole rings is 1. The molecule has 0 saturated heterocycles. The highest BCUT2D eigenvalue weighted by atomic mass is 16.4. The van der Waals surface area contributed by atoms with E-state index in [9.17, 15) is 4.79 Å². The number of aromatic nitrogens is 5. The molecule has 31 heavy (non-hydrogen) atoms. The molecule has 2 fully saturated rings. The summed E-state index contributed by atoms with van der Waals surface area (Å²) in [5.41, 5.74) is 3.72. The highest BCUT2D eigenvalue weighted by molar-refractivity contribution is 6.01. The molecule has 4 atom stereocenters. The van der Waals surface area contributed by atoms with Crippen molar-refractivity contribution in [1.29, 1.82) is 0 Å². The molecule has 0 bridgehead atoms. The van der Waals surface area contributed by atoms with Crippen LogP contribution in [0.5, 0.6) is 0 Å². The van der Waals surface area contributed by atoms with Crippen LogP contribution in [0.15, 0.2) is 53.3 Å². The fraction of sp³-hybridized carbons (Fsp3) is 0.348. The van der Waals surface area contributed by atoms with E-state index in [1.165, 1.54) is 11.2 Å². The SMILES string of the molecule is Cc1ccc(-n2nccn2)c(C(=O)C2C[C@H]3C[C@H]3C2CNc2nc3cccnc3o2)c1. The molecule has 8 nitrogen and oxygen atoms in total. The predicted molar refractivity (Wildman–Crippen MR) is 114 cm³/mol. The van der Waals surface area contributed by atoms with Gasteiger partial charge in [-0.3, -0.25) is 4.79 Å². The van der Waals surface area contributed by atoms with Gasteiger partial charge in [-0.2, -0.15) is 20.0 Å². The molecule has 0 aliphatic heterocycles. The van der Waals surface area contributed by atoms with Gasteiger partial charge in [-0.1, -0.05) is 11.6 Å². The summed E-state index contributed by atoms with van der Waals surface area (Å²) in [6, 6.07) is 10.0. The lowest BCUT2D eigenvalue weighted by Gasteiger charge is -2.22. The molecular formula is C23H22N6O2. The maximum Gasteiger partial charge on any atom is 0.297 e. The van der Waals surface area contributed by atoms with Gasteiger partial charge in [0.1, 0.15) is 5.52 Å². The number of hydrogen-bond acceptors (Lipinski definition) is 7. The molecule has 6 rings (SSSR count). The Bertz CT molecular complexity index is 1230. The Morgan fingerprint density at radius 2 is 2.06 bits per heavy atom. The van der Waals surface area contributed by atoms with Gasteiger partial charge in [0, 0.05) is 24.2 Å². The van der Waals surface area contributed by atoms with Gasteiger partial charge in [0.2, 0.25) is 5.71 Å². The van der Waals surface area contributed by atoms with E-state index in [0.717, 1.165) is 23.2 Å². The number of fused-ring (bicyclic) bond motifs is 2. The zero-order chi connectivity index (χ0) is 20.9. The highest BCUT2D eigenvalue weighted by Crippen LogP contribution is 2.58. The molecule has 4 aromatic rings. The van der Waals surface area contributed by atoms with Crippen molar-refractivity contribution in [3.05, 3.63) is 60.0 Å². The summed E-state index contributed by atoms with van der Waals surface area (Å²) in [4.78, 5) is 23.9. The second kappa shape index (κ2) is 7.01. The van der Waals surface area contributed by atoms with Crippen LogP contribution in [0.3, 0.4) is 0 Å². The van der Waals surface area contributed by atoms with Gasteiger partial charge >= 0.3 is 0 Å². The van der Waals surface area contributed by atoms with Gasteiger partial charge in [0.25, 0.3) is 6.01 Å². The van der Waals surface area contributed by atoms with Gasteiger partial charge in [-0.25, -0.2) is 4.98 Å². The second-order valence-electron chi connectivity index (χ2n) is 8.60. The van der Waals surface area contributed by atoms with E-state index in [-0.39, 0.29) is 17.6 Å². The molecule has 3 aromatic heterocycles. The number of benzene rings is 1. The maximum absolute atomic E-state index is 13.7. The summed E-state index contributed by atoms with van der Waals surface area (Å²) in [6.45, 7) is 2.66. The zero-order valence-electron chi connectivity index (χ0n) is 17.1. The normalized spacial score (nSPS) is 24.3. The Morgan fingerprint density at radius 1 is 1.19 bits per heavy atom. The first kappa shape index (κ1) is 18.2. The van der Waals surface area contributed by atoms with Crippen LogP contribution in [0.2, 0.25) is 0 Å². The average molecular weight is 414 g/mol. The number of nitrogens with zero attached hydrogens (tertiary/aromatic N) is 5. The molecule has 156 valence electrons. The Balaban J connectivity index is 1.26. The van der Waals surface area contributed by atoms with Crippen LogP contribution in [0, 0.1) is 30.6 Å². The van der Waals surface area contributed by atoms with Crippen LogP contribution in [-0.2, 0) is 0 Å². The number of aryl methyl sites for hydroxylation is 1. The molecule has 0 spiro atoms. The number of hydrogen-bond donors (Lipinski definition) is 1. The number of ketones is 1. The fourth-order valence-corrected chi connectivity index (χ4v) is 5.07. The first-order valence-electron chi connectivity index (χ1n) is 10.6. The third-order valence-corrected chi connectivity index (χ3v) is 6.64. The number of carbonyl (C=O) groups is 1. The monoisotopic (exact) mass is 414 g/mol. The summed E-state index contributed by atoms with van der Waals surface area (Å²) in [6.07, 6.45) is 7.07.